The van der Waals surface area contributed by atoms with Crippen LogP contribution in [0.4, 0.5) is 5.69 Å². The normalized spacial score (nSPS) is 17.5. The van der Waals surface area contributed by atoms with Gasteiger partial charge in [0.05, 0.1) is 24.4 Å². The largest absolute Gasteiger partial charge is 0.494 e. The summed E-state index contributed by atoms with van der Waals surface area (Å²) in [5.74, 6) is 0.855. The van der Waals surface area contributed by atoms with Gasteiger partial charge in [0.2, 0.25) is 0 Å². The van der Waals surface area contributed by atoms with Gasteiger partial charge in [0.25, 0.3) is 0 Å². The summed E-state index contributed by atoms with van der Waals surface area (Å²) in [5.41, 5.74) is 6.99. The van der Waals surface area contributed by atoms with E-state index in [1.807, 2.05) is 37.4 Å². The second kappa shape index (κ2) is 9.92. The van der Waals surface area contributed by atoms with E-state index in [9.17, 15) is 0 Å². The lowest BCUT2D eigenvalue weighted by molar-refractivity contribution is 0.340. The molecule has 1 aliphatic rings. The van der Waals surface area contributed by atoms with Gasteiger partial charge in [0.1, 0.15) is 5.75 Å². The Kier molecular flexibility index (Phi) is 6.55. The van der Waals surface area contributed by atoms with Crippen LogP contribution in [-0.2, 0) is 6.54 Å². The summed E-state index contributed by atoms with van der Waals surface area (Å²) in [6.07, 6.45) is 1.84. The van der Waals surface area contributed by atoms with Gasteiger partial charge in [0, 0.05) is 29.8 Å². The molecule has 0 aliphatic carbocycles. The maximum atomic E-state index is 5.90. The maximum Gasteiger partial charge on any atom is 0.174 e. The molecule has 0 unspecified atom stereocenters. The highest BCUT2D eigenvalue weighted by Crippen LogP contribution is 2.43. The molecule has 0 bridgehead atoms. The van der Waals surface area contributed by atoms with Crippen LogP contribution in [0.25, 0.3) is 0 Å². The van der Waals surface area contributed by atoms with Crippen molar-refractivity contribution in [3.8, 4) is 5.75 Å². The smallest absolute Gasteiger partial charge is 0.174 e. The Morgan fingerprint density at radius 2 is 1.71 bits per heavy atom. The predicted molar refractivity (Wildman–Crippen MR) is 145 cm³/mol. The monoisotopic (exact) mass is 482 g/mol. The fourth-order valence-corrected chi connectivity index (χ4v) is 5.30. The third-order valence-corrected chi connectivity index (χ3v) is 6.95. The Balaban J connectivity index is 1.59. The molecular weight excluding hydrogens is 452 g/mol. The molecule has 1 fully saturated rings. The molecule has 2 aromatic carbocycles. The topological polar surface area (TPSA) is 42.3 Å². The second-order valence-electron chi connectivity index (χ2n) is 8.82. The second-order valence-corrected chi connectivity index (χ2v) is 9.21. The van der Waals surface area contributed by atoms with E-state index >= 15 is 0 Å². The Bertz CT molecular complexity index is 1300. The Morgan fingerprint density at radius 1 is 0.971 bits per heavy atom. The molecule has 0 amide bonds. The van der Waals surface area contributed by atoms with Crippen LogP contribution < -0.4 is 15.0 Å². The van der Waals surface area contributed by atoms with Crippen molar-refractivity contribution < 1.29 is 4.74 Å². The summed E-state index contributed by atoms with van der Waals surface area (Å²) in [7, 11) is 0. The molecule has 1 N–H and O–H groups in total. The van der Waals surface area contributed by atoms with E-state index in [0.29, 0.717) is 11.7 Å². The summed E-state index contributed by atoms with van der Waals surface area (Å²) >= 11 is 5.90. The van der Waals surface area contributed by atoms with Gasteiger partial charge in [-0.1, -0.05) is 36.4 Å². The molecule has 0 radical (unpaired) electrons. The van der Waals surface area contributed by atoms with Crippen molar-refractivity contribution in [1.29, 1.82) is 0 Å². The summed E-state index contributed by atoms with van der Waals surface area (Å²) < 4.78 is 8.05. The van der Waals surface area contributed by atoms with E-state index in [0.717, 1.165) is 23.7 Å². The predicted octanol–water partition coefficient (Wildman–Crippen LogP) is 6.12. The molecule has 2 atom stereocenters. The highest BCUT2D eigenvalue weighted by molar-refractivity contribution is 7.80. The molecule has 0 saturated carbocycles. The molecule has 178 valence electrons. The quantitative estimate of drug-likeness (QED) is 0.321. The lowest BCUT2D eigenvalue weighted by atomic mass is 9.96. The van der Waals surface area contributed by atoms with Crippen LogP contribution in [0.1, 0.15) is 47.2 Å². The highest BCUT2D eigenvalue weighted by Gasteiger charge is 2.42. The van der Waals surface area contributed by atoms with Gasteiger partial charge < -0.3 is 19.5 Å². The van der Waals surface area contributed by atoms with E-state index in [-0.39, 0.29) is 12.1 Å². The fraction of sp³-hybridized carbons (Fsp3) is 0.241. The first kappa shape index (κ1) is 23.1. The molecule has 3 heterocycles. The number of hydrogen-bond acceptors (Lipinski definition) is 3. The minimum atomic E-state index is -0.0686. The minimum Gasteiger partial charge on any atom is -0.494 e. The first-order chi connectivity index (χ1) is 17.1. The van der Waals surface area contributed by atoms with Crippen LogP contribution in [0, 0.1) is 13.8 Å². The van der Waals surface area contributed by atoms with E-state index < -0.39 is 0 Å². The number of anilines is 1. The van der Waals surface area contributed by atoms with E-state index in [4.69, 9.17) is 17.0 Å². The number of aryl methyl sites for hydroxylation is 1. The Morgan fingerprint density at radius 3 is 2.40 bits per heavy atom. The number of benzene rings is 2. The van der Waals surface area contributed by atoms with E-state index in [1.54, 1.807) is 0 Å². The zero-order chi connectivity index (χ0) is 24.4. The number of thiocarbonyl (C=S) groups is 1. The number of pyridine rings is 1. The number of nitrogens with zero attached hydrogens (tertiary/aromatic N) is 3. The van der Waals surface area contributed by atoms with Crippen LogP contribution in [-0.4, -0.2) is 21.3 Å². The van der Waals surface area contributed by atoms with Crippen molar-refractivity contribution in [3.05, 3.63) is 113 Å². The van der Waals surface area contributed by atoms with Crippen molar-refractivity contribution in [2.75, 3.05) is 11.5 Å². The standard InChI is InChI=1S/C29H30N4OS/c1-4-34-24-15-13-23(14-16-24)33-28(27(31-29(33)35)26-12-8-9-17-30-26)25-18-20(2)32(21(25)3)19-22-10-6-5-7-11-22/h5-18,27-28H,4,19H2,1-3H3,(H,31,35)/t27-,28-/m1/s1. The molecule has 1 aliphatic heterocycles. The molecular formula is C29H30N4OS. The lowest BCUT2D eigenvalue weighted by Crippen LogP contribution is -2.29. The average Bonchev–Trinajstić information content (AvgIpc) is 3.37. The van der Waals surface area contributed by atoms with Crippen molar-refractivity contribution in [2.24, 2.45) is 0 Å². The molecule has 2 aromatic heterocycles. The molecule has 4 aromatic rings. The van der Waals surface area contributed by atoms with Crippen molar-refractivity contribution in [2.45, 2.75) is 39.4 Å². The van der Waals surface area contributed by atoms with Gasteiger partial charge in [-0.25, -0.2) is 0 Å². The van der Waals surface area contributed by atoms with Crippen molar-refractivity contribution >= 4 is 23.0 Å². The van der Waals surface area contributed by atoms with Crippen molar-refractivity contribution in [1.82, 2.24) is 14.9 Å². The van der Waals surface area contributed by atoms with Crippen molar-refractivity contribution in [3.63, 3.8) is 0 Å². The fourth-order valence-electron chi connectivity index (χ4n) is 4.96. The third-order valence-electron chi connectivity index (χ3n) is 6.64. The number of nitrogens with one attached hydrogen (secondary N) is 1. The zero-order valence-electron chi connectivity index (χ0n) is 20.3. The van der Waals surface area contributed by atoms with Crippen LogP contribution in [0.3, 0.4) is 0 Å². The summed E-state index contributed by atoms with van der Waals surface area (Å²) in [5, 5.41) is 4.26. The van der Waals surface area contributed by atoms with E-state index in [2.05, 4.69) is 88.2 Å². The number of aromatic nitrogens is 2. The van der Waals surface area contributed by atoms with Crippen LogP contribution in [0.5, 0.6) is 5.75 Å². The van der Waals surface area contributed by atoms with Gasteiger partial charge in [-0.2, -0.15) is 0 Å². The third kappa shape index (κ3) is 4.54. The number of ether oxygens (including phenoxy) is 1. The summed E-state index contributed by atoms with van der Waals surface area (Å²) in [6, 6.07) is 27.0. The van der Waals surface area contributed by atoms with Crippen LogP contribution in [0.2, 0.25) is 0 Å². The molecule has 1 saturated heterocycles. The van der Waals surface area contributed by atoms with Gasteiger partial charge >= 0.3 is 0 Å². The zero-order valence-corrected chi connectivity index (χ0v) is 21.1. The number of hydrogen-bond donors (Lipinski definition) is 1. The van der Waals surface area contributed by atoms with E-state index in [1.165, 1.54) is 22.5 Å². The summed E-state index contributed by atoms with van der Waals surface area (Å²) in [4.78, 5) is 6.91. The minimum absolute atomic E-state index is 0.0360. The van der Waals surface area contributed by atoms with Gasteiger partial charge in [-0.15, -0.1) is 0 Å². The number of rotatable bonds is 7. The molecule has 0 spiro atoms. The highest BCUT2D eigenvalue weighted by atomic mass is 32.1. The molecule has 5 rings (SSSR count). The van der Waals surface area contributed by atoms with Crippen LogP contribution in [0.15, 0.2) is 85.1 Å². The maximum absolute atomic E-state index is 5.90. The molecule has 6 heteroatoms. The molecule has 35 heavy (non-hydrogen) atoms. The first-order valence-corrected chi connectivity index (χ1v) is 12.4. The van der Waals surface area contributed by atoms with Crippen LogP contribution >= 0.6 is 12.2 Å². The van der Waals surface area contributed by atoms with Gasteiger partial charge in [-0.3, -0.25) is 4.98 Å². The van der Waals surface area contributed by atoms with Gasteiger partial charge in [-0.05, 0) is 86.6 Å². The summed E-state index contributed by atoms with van der Waals surface area (Å²) in [6.45, 7) is 7.85. The molecule has 5 nitrogen and oxygen atoms in total. The Hall–Kier alpha value is -3.64. The first-order valence-electron chi connectivity index (χ1n) is 12.0. The van der Waals surface area contributed by atoms with Gasteiger partial charge in [0.15, 0.2) is 5.11 Å². The average molecular weight is 483 g/mol. The SMILES string of the molecule is CCOc1ccc(N2C(=S)N[C@H](c3ccccn3)[C@H]2c2cc(C)n(Cc3ccccc3)c2C)cc1. The lowest BCUT2D eigenvalue weighted by Gasteiger charge is -2.28. The Labute approximate surface area is 212 Å².